The molecule has 184 valence electrons. The number of nitrogens with zero attached hydrogens (tertiary/aromatic N) is 5. The Kier molecular flexibility index (Phi) is 6.37. The second-order valence-corrected chi connectivity index (χ2v) is 9.21. The molecule has 0 radical (unpaired) electrons. The SMILES string of the molecule is CC1(C)NC(=O)N(c2ccc(-n3ccc4cc(C=O)cnc43)cn2)C1=O.CN1CCC(F)(F)CC1. The van der Waals surface area contributed by atoms with Gasteiger partial charge in [-0.25, -0.2) is 28.4 Å². The van der Waals surface area contributed by atoms with Crippen molar-refractivity contribution in [1.82, 2.24) is 24.8 Å². The fourth-order valence-electron chi connectivity index (χ4n) is 3.87. The summed E-state index contributed by atoms with van der Waals surface area (Å²) in [5, 5.41) is 3.45. The highest BCUT2D eigenvalue weighted by Crippen LogP contribution is 2.27. The average Bonchev–Trinajstić information content (AvgIpc) is 3.33. The van der Waals surface area contributed by atoms with Crippen LogP contribution in [0.1, 0.15) is 37.0 Å². The first-order valence-electron chi connectivity index (χ1n) is 11.1. The summed E-state index contributed by atoms with van der Waals surface area (Å²) in [7, 11) is 1.87. The van der Waals surface area contributed by atoms with Crippen molar-refractivity contribution in [2.75, 3.05) is 25.0 Å². The number of alkyl halides is 2. The summed E-state index contributed by atoms with van der Waals surface area (Å²) in [5.74, 6) is -2.47. The van der Waals surface area contributed by atoms with Gasteiger partial charge in [0.1, 0.15) is 17.0 Å². The molecule has 3 amide bonds. The van der Waals surface area contributed by atoms with Gasteiger partial charge in [0.05, 0.1) is 11.9 Å². The van der Waals surface area contributed by atoms with Gasteiger partial charge >= 0.3 is 6.03 Å². The quantitative estimate of drug-likeness (QED) is 0.452. The monoisotopic (exact) mass is 484 g/mol. The van der Waals surface area contributed by atoms with Crippen LogP contribution in [-0.2, 0) is 4.79 Å². The van der Waals surface area contributed by atoms with Crippen LogP contribution < -0.4 is 10.2 Å². The molecule has 0 saturated carbocycles. The Hall–Kier alpha value is -3.73. The van der Waals surface area contributed by atoms with E-state index in [0.29, 0.717) is 24.3 Å². The van der Waals surface area contributed by atoms with Crippen LogP contribution in [0, 0.1) is 0 Å². The van der Waals surface area contributed by atoms with E-state index in [2.05, 4.69) is 15.3 Å². The Morgan fingerprint density at radius 1 is 1.06 bits per heavy atom. The highest BCUT2D eigenvalue weighted by molar-refractivity contribution is 6.22. The molecule has 3 aromatic rings. The number of aldehydes is 1. The molecule has 0 bridgehead atoms. The number of likely N-dealkylation sites (tertiary alicyclic amines) is 1. The third kappa shape index (κ3) is 5.04. The van der Waals surface area contributed by atoms with Gasteiger partial charge in [-0.3, -0.25) is 14.2 Å². The minimum atomic E-state index is -2.38. The maximum absolute atomic E-state index is 12.4. The fraction of sp³-hybridized carbons (Fsp3) is 0.375. The predicted molar refractivity (Wildman–Crippen MR) is 126 cm³/mol. The zero-order valence-electron chi connectivity index (χ0n) is 19.7. The number of aromatic nitrogens is 3. The summed E-state index contributed by atoms with van der Waals surface area (Å²) in [4.78, 5) is 46.8. The molecular weight excluding hydrogens is 458 g/mol. The van der Waals surface area contributed by atoms with E-state index in [9.17, 15) is 23.2 Å². The number of anilines is 1. The lowest BCUT2D eigenvalue weighted by Crippen LogP contribution is -2.40. The molecule has 2 aliphatic rings. The number of nitrogens with one attached hydrogen (secondary N) is 1. The zero-order valence-corrected chi connectivity index (χ0v) is 19.7. The molecule has 0 aromatic carbocycles. The first kappa shape index (κ1) is 24.4. The molecule has 35 heavy (non-hydrogen) atoms. The Bertz CT molecular complexity index is 1260. The van der Waals surface area contributed by atoms with Crippen LogP contribution in [-0.4, -0.2) is 69.3 Å². The molecular formula is C24H26F2N6O3. The van der Waals surface area contributed by atoms with E-state index in [4.69, 9.17) is 0 Å². The number of rotatable bonds is 3. The molecule has 5 rings (SSSR count). The van der Waals surface area contributed by atoms with Crippen molar-refractivity contribution in [3.63, 3.8) is 0 Å². The van der Waals surface area contributed by atoms with Crippen molar-refractivity contribution < 1.29 is 23.2 Å². The van der Waals surface area contributed by atoms with Gasteiger partial charge in [-0.1, -0.05) is 0 Å². The van der Waals surface area contributed by atoms with Crippen LogP contribution >= 0.6 is 0 Å². The topological polar surface area (TPSA) is 100 Å². The standard InChI is InChI=1S/C18H15N5O3.C6H11F2N/c1-18(2)16(25)23(17(26)21-18)14-4-3-13(9-19-14)22-6-5-12-7-11(10-24)8-20-15(12)22;1-9-4-2-6(7,8)3-5-9/h3-10H,1-2H3,(H,21,26);2-5H2,1H3. The lowest BCUT2D eigenvalue weighted by molar-refractivity contribution is -0.121. The van der Waals surface area contributed by atoms with Gasteiger partial charge in [0.2, 0.25) is 0 Å². The van der Waals surface area contributed by atoms with Gasteiger partial charge in [0.15, 0.2) is 6.29 Å². The molecule has 2 aliphatic heterocycles. The van der Waals surface area contributed by atoms with Crippen molar-refractivity contribution in [2.45, 2.75) is 38.2 Å². The number of hydrogen-bond acceptors (Lipinski definition) is 6. The number of imide groups is 1. The first-order valence-corrected chi connectivity index (χ1v) is 11.1. The summed E-state index contributed by atoms with van der Waals surface area (Å²) in [6, 6.07) is 6.48. The predicted octanol–water partition coefficient (Wildman–Crippen LogP) is 3.42. The number of carbonyl (C=O) groups excluding carboxylic acids is 3. The maximum atomic E-state index is 12.4. The average molecular weight is 485 g/mol. The van der Waals surface area contributed by atoms with Gasteiger partial charge in [-0.2, -0.15) is 0 Å². The number of urea groups is 1. The Balaban J connectivity index is 0.000000271. The molecule has 2 fully saturated rings. The van der Waals surface area contributed by atoms with E-state index in [0.717, 1.165) is 22.3 Å². The molecule has 5 heterocycles. The van der Waals surface area contributed by atoms with Crippen LogP contribution in [0.4, 0.5) is 19.4 Å². The minimum Gasteiger partial charge on any atom is -0.323 e. The van der Waals surface area contributed by atoms with E-state index in [1.165, 1.54) is 6.20 Å². The van der Waals surface area contributed by atoms with E-state index in [1.54, 1.807) is 38.2 Å². The molecule has 9 nitrogen and oxygen atoms in total. The molecule has 1 N–H and O–H groups in total. The van der Waals surface area contributed by atoms with Crippen molar-refractivity contribution in [3.8, 4) is 5.69 Å². The number of piperidine rings is 1. The van der Waals surface area contributed by atoms with Gasteiger partial charge in [-0.15, -0.1) is 0 Å². The van der Waals surface area contributed by atoms with Crippen LogP contribution in [0.3, 0.4) is 0 Å². The van der Waals surface area contributed by atoms with Gasteiger partial charge in [0, 0.05) is 49.3 Å². The normalized spacial score (nSPS) is 19.3. The Labute approximate surface area is 200 Å². The summed E-state index contributed by atoms with van der Waals surface area (Å²) >= 11 is 0. The number of carbonyl (C=O) groups is 3. The lowest BCUT2D eigenvalue weighted by atomic mass is 10.1. The third-order valence-electron chi connectivity index (χ3n) is 6.00. The zero-order chi connectivity index (χ0) is 25.4. The summed E-state index contributed by atoms with van der Waals surface area (Å²) in [6.07, 6.45) is 5.70. The molecule has 0 unspecified atom stereocenters. The van der Waals surface area contributed by atoms with E-state index in [1.807, 2.05) is 28.8 Å². The van der Waals surface area contributed by atoms with Crippen molar-refractivity contribution in [3.05, 3.63) is 48.4 Å². The third-order valence-corrected chi connectivity index (χ3v) is 6.00. The highest BCUT2D eigenvalue weighted by Gasteiger charge is 2.45. The smallest absolute Gasteiger partial charge is 0.323 e. The summed E-state index contributed by atoms with van der Waals surface area (Å²) in [5.41, 5.74) is 0.960. The highest BCUT2D eigenvalue weighted by atomic mass is 19.3. The first-order chi connectivity index (χ1) is 16.5. The second kappa shape index (κ2) is 9.14. The summed E-state index contributed by atoms with van der Waals surface area (Å²) < 4.78 is 26.5. The fourth-order valence-corrected chi connectivity index (χ4v) is 3.87. The number of amides is 3. The van der Waals surface area contributed by atoms with Crippen molar-refractivity contribution >= 4 is 35.1 Å². The molecule has 2 saturated heterocycles. The van der Waals surface area contributed by atoms with Crippen LogP contribution in [0.5, 0.6) is 0 Å². The van der Waals surface area contributed by atoms with Gasteiger partial charge in [-0.05, 0) is 45.2 Å². The second-order valence-electron chi connectivity index (χ2n) is 9.21. The van der Waals surface area contributed by atoms with E-state index < -0.39 is 17.5 Å². The van der Waals surface area contributed by atoms with Crippen LogP contribution in [0.25, 0.3) is 16.7 Å². The molecule has 3 aromatic heterocycles. The number of halogens is 2. The van der Waals surface area contributed by atoms with Crippen LogP contribution in [0.15, 0.2) is 42.9 Å². The molecule has 0 aliphatic carbocycles. The molecule has 0 atom stereocenters. The van der Waals surface area contributed by atoms with Crippen molar-refractivity contribution in [1.29, 1.82) is 0 Å². The largest absolute Gasteiger partial charge is 0.330 e. The van der Waals surface area contributed by atoms with E-state index >= 15 is 0 Å². The minimum absolute atomic E-state index is 0.0312. The summed E-state index contributed by atoms with van der Waals surface area (Å²) in [6.45, 7) is 4.36. The van der Waals surface area contributed by atoms with Crippen molar-refractivity contribution in [2.24, 2.45) is 0 Å². The molecule has 0 spiro atoms. The Morgan fingerprint density at radius 3 is 2.31 bits per heavy atom. The Morgan fingerprint density at radius 2 is 1.77 bits per heavy atom. The maximum Gasteiger partial charge on any atom is 0.330 e. The number of fused-ring (bicyclic) bond motifs is 1. The lowest BCUT2D eigenvalue weighted by Gasteiger charge is -2.28. The van der Waals surface area contributed by atoms with Gasteiger partial charge < -0.3 is 10.2 Å². The molecule has 11 heteroatoms. The van der Waals surface area contributed by atoms with E-state index in [-0.39, 0.29) is 24.6 Å². The van der Waals surface area contributed by atoms with Gasteiger partial charge in [0.25, 0.3) is 11.8 Å². The van der Waals surface area contributed by atoms with Crippen LogP contribution in [0.2, 0.25) is 0 Å². The number of hydrogen-bond donors (Lipinski definition) is 1. The number of pyridine rings is 2.